The number of hydrogen-bond acceptors (Lipinski definition) is 9. The van der Waals surface area contributed by atoms with Gasteiger partial charge >= 0.3 is 6.03 Å². The molecule has 36 heavy (non-hydrogen) atoms. The van der Waals surface area contributed by atoms with E-state index >= 15 is 0 Å². The monoisotopic (exact) mass is 525 g/mol. The lowest BCUT2D eigenvalue weighted by molar-refractivity contribution is 0.122. The zero-order valence-electron chi connectivity index (χ0n) is 20.4. The van der Waals surface area contributed by atoms with Crippen LogP contribution in [0.1, 0.15) is 23.2 Å². The van der Waals surface area contributed by atoms with Gasteiger partial charge in [0, 0.05) is 49.4 Å². The van der Waals surface area contributed by atoms with Crippen LogP contribution >= 0.6 is 23.1 Å². The highest BCUT2D eigenvalue weighted by molar-refractivity contribution is 8.00. The van der Waals surface area contributed by atoms with Gasteiger partial charge in [0.2, 0.25) is 0 Å². The van der Waals surface area contributed by atoms with Crippen molar-refractivity contribution in [3.05, 3.63) is 65.3 Å². The Hall–Kier alpha value is -3.15. The van der Waals surface area contributed by atoms with Gasteiger partial charge in [-0.05, 0) is 30.2 Å². The molecule has 1 fully saturated rings. The van der Waals surface area contributed by atoms with Crippen LogP contribution in [-0.2, 0) is 23.5 Å². The summed E-state index contributed by atoms with van der Waals surface area (Å²) in [6, 6.07) is 11.4. The summed E-state index contributed by atoms with van der Waals surface area (Å²) in [7, 11) is 0. The molecule has 0 saturated carbocycles. The third kappa shape index (κ3) is 6.96. The molecule has 1 aliphatic heterocycles. The Labute approximate surface area is 219 Å². The van der Waals surface area contributed by atoms with Gasteiger partial charge in [-0.2, -0.15) is 0 Å². The predicted molar refractivity (Wildman–Crippen MR) is 147 cm³/mol. The summed E-state index contributed by atoms with van der Waals surface area (Å²) in [5.41, 5.74) is 9.38. The molecule has 3 aromatic rings. The number of primary amides is 1. The summed E-state index contributed by atoms with van der Waals surface area (Å²) in [6.07, 6.45) is 2.55. The van der Waals surface area contributed by atoms with Gasteiger partial charge in [0.25, 0.3) is 0 Å². The number of urea groups is 1. The largest absolute Gasteiger partial charge is 0.378 e. The van der Waals surface area contributed by atoms with Crippen LogP contribution in [0.3, 0.4) is 0 Å². The number of anilines is 3. The second-order valence-electron chi connectivity index (χ2n) is 8.17. The molecule has 0 bridgehead atoms. The SMILES string of the molecule is C=CCN(C(N)=O)c1cccc(CNc2cc(N3CCOCC3)cc(CSc3nnc(CC)s3)n2)c1. The van der Waals surface area contributed by atoms with Gasteiger partial charge < -0.3 is 20.7 Å². The van der Waals surface area contributed by atoms with Crippen molar-refractivity contribution in [2.45, 2.75) is 30.0 Å². The molecule has 4 rings (SSSR count). The van der Waals surface area contributed by atoms with Crippen LogP contribution in [0.5, 0.6) is 0 Å². The molecule has 0 unspecified atom stereocenters. The maximum absolute atomic E-state index is 11.8. The highest BCUT2D eigenvalue weighted by Gasteiger charge is 2.15. The van der Waals surface area contributed by atoms with Crippen molar-refractivity contribution in [1.29, 1.82) is 0 Å². The molecule has 190 valence electrons. The fourth-order valence-electron chi connectivity index (χ4n) is 3.79. The molecular weight excluding hydrogens is 494 g/mol. The van der Waals surface area contributed by atoms with Crippen molar-refractivity contribution in [2.24, 2.45) is 5.73 Å². The van der Waals surface area contributed by atoms with E-state index < -0.39 is 6.03 Å². The first kappa shape index (κ1) is 25.9. The van der Waals surface area contributed by atoms with E-state index in [1.54, 1.807) is 29.2 Å². The quantitative estimate of drug-likeness (QED) is 0.282. The molecule has 1 aliphatic rings. The molecule has 0 radical (unpaired) electrons. The fraction of sp³-hybridized carbons (Fsp3) is 0.360. The van der Waals surface area contributed by atoms with E-state index in [0.29, 0.717) is 32.1 Å². The number of thioether (sulfide) groups is 1. The highest BCUT2D eigenvalue weighted by atomic mass is 32.2. The minimum atomic E-state index is -0.511. The van der Waals surface area contributed by atoms with Crippen molar-refractivity contribution >= 4 is 46.3 Å². The van der Waals surface area contributed by atoms with E-state index in [1.807, 2.05) is 24.3 Å². The van der Waals surface area contributed by atoms with E-state index in [1.165, 1.54) is 4.90 Å². The first-order chi connectivity index (χ1) is 17.6. The van der Waals surface area contributed by atoms with Crippen molar-refractivity contribution in [3.8, 4) is 0 Å². The van der Waals surface area contributed by atoms with E-state index in [2.05, 4.69) is 46.0 Å². The number of amides is 2. The van der Waals surface area contributed by atoms with Crippen LogP contribution in [0.15, 0.2) is 53.4 Å². The first-order valence-corrected chi connectivity index (χ1v) is 13.7. The summed E-state index contributed by atoms with van der Waals surface area (Å²) in [4.78, 5) is 20.5. The number of morpholine rings is 1. The zero-order chi connectivity index (χ0) is 25.3. The molecule has 2 amide bonds. The number of hydrogen-bond donors (Lipinski definition) is 2. The summed E-state index contributed by atoms with van der Waals surface area (Å²) >= 11 is 3.29. The van der Waals surface area contributed by atoms with Gasteiger partial charge in [0.05, 0.1) is 18.9 Å². The first-order valence-electron chi connectivity index (χ1n) is 11.8. The van der Waals surface area contributed by atoms with Crippen LogP contribution in [0.2, 0.25) is 0 Å². The Morgan fingerprint density at radius 3 is 2.86 bits per heavy atom. The molecule has 2 aromatic heterocycles. The second kappa shape index (κ2) is 12.7. The number of nitrogens with one attached hydrogen (secondary N) is 1. The lowest BCUT2D eigenvalue weighted by atomic mass is 10.2. The molecule has 9 nitrogen and oxygen atoms in total. The van der Waals surface area contributed by atoms with Gasteiger partial charge in [0.15, 0.2) is 4.34 Å². The Morgan fingerprint density at radius 1 is 1.31 bits per heavy atom. The average molecular weight is 526 g/mol. The minimum Gasteiger partial charge on any atom is -0.378 e. The van der Waals surface area contributed by atoms with E-state index in [-0.39, 0.29) is 0 Å². The summed E-state index contributed by atoms with van der Waals surface area (Å²) in [6.45, 7) is 9.83. The number of ether oxygens (including phenoxy) is 1. The van der Waals surface area contributed by atoms with Crippen LogP contribution in [0, 0.1) is 0 Å². The van der Waals surface area contributed by atoms with Gasteiger partial charge in [-0.25, -0.2) is 9.78 Å². The minimum absolute atomic E-state index is 0.352. The Bertz CT molecular complexity index is 1180. The molecule has 3 heterocycles. The number of aromatic nitrogens is 3. The average Bonchev–Trinajstić information content (AvgIpc) is 3.38. The topological polar surface area (TPSA) is 110 Å². The van der Waals surface area contributed by atoms with Crippen LogP contribution < -0.4 is 20.9 Å². The third-order valence-electron chi connectivity index (χ3n) is 5.61. The maximum atomic E-state index is 11.8. The fourth-order valence-corrected chi connectivity index (χ4v) is 5.52. The number of pyridine rings is 1. The van der Waals surface area contributed by atoms with Crippen molar-refractivity contribution in [2.75, 3.05) is 48.0 Å². The van der Waals surface area contributed by atoms with Gasteiger partial charge in [-0.3, -0.25) is 4.90 Å². The standard InChI is InChI=1S/C25H31N7O2S2/c1-3-8-32(24(26)33)20-7-5-6-18(13-20)16-27-22-15-21(31-9-11-34-12-10-31)14-19(28-22)17-35-25-30-29-23(4-2)36-25/h3,5-7,13-15H,1,4,8-12,16-17H2,2H3,(H2,26,33)(H,27,28). The number of nitrogens with two attached hydrogens (primary N) is 1. The molecule has 0 atom stereocenters. The van der Waals surface area contributed by atoms with Gasteiger partial charge in [-0.1, -0.05) is 48.2 Å². The van der Waals surface area contributed by atoms with Crippen molar-refractivity contribution in [3.63, 3.8) is 0 Å². The number of rotatable bonds is 11. The summed E-state index contributed by atoms with van der Waals surface area (Å²) < 4.78 is 6.49. The van der Waals surface area contributed by atoms with Crippen LogP contribution in [-0.4, -0.2) is 54.1 Å². The zero-order valence-corrected chi connectivity index (χ0v) is 22.0. The second-order valence-corrected chi connectivity index (χ2v) is 10.5. The predicted octanol–water partition coefficient (Wildman–Crippen LogP) is 4.31. The molecule has 1 saturated heterocycles. The van der Waals surface area contributed by atoms with E-state index in [0.717, 1.165) is 57.3 Å². The number of carbonyl (C=O) groups is 1. The molecular formula is C25H31N7O2S2. The van der Waals surface area contributed by atoms with E-state index in [4.69, 9.17) is 15.5 Å². The maximum Gasteiger partial charge on any atom is 0.319 e. The molecule has 0 spiro atoms. The normalized spacial score (nSPS) is 13.4. The molecule has 1 aromatic carbocycles. The number of aryl methyl sites for hydroxylation is 1. The van der Waals surface area contributed by atoms with Gasteiger partial charge in [-0.15, -0.1) is 16.8 Å². The van der Waals surface area contributed by atoms with Gasteiger partial charge in [0.1, 0.15) is 10.8 Å². The third-order valence-corrected chi connectivity index (χ3v) is 7.84. The number of benzene rings is 1. The summed E-state index contributed by atoms with van der Waals surface area (Å²) in [5.74, 6) is 1.50. The Morgan fingerprint density at radius 2 is 2.14 bits per heavy atom. The summed E-state index contributed by atoms with van der Waals surface area (Å²) in [5, 5.41) is 13.0. The number of carbonyl (C=O) groups excluding carboxylic acids is 1. The molecule has 3 N–H and O–H groups in total. The van der Waals surface area contributed by atoms with Crippen molar-refractivity contribution in [1.82, 2.24) is 15.2 Å². The Kier molecular flexibility index (Phi) is 9.15. The van der Waals surface area contributed by atoms with Crippen LogP contribution in [0.25, 0.3) is 0 Å². The molecule has 0 aliphatic carbocycles. The smallest absolute Gasteiger partial charge is 0.319 e. The van der Waals surface area contributed by atoms with E-state index in [9.17, 15) is 4.79 Å². The van der Waals surface area contributed by atoms with Crippen LogP contribution in [0.4, 0.5) is 22.0 Å². The lowest BCUT2D eigenvalue weighted by Gasteiger charge is -2.29. The highest BCUT2D eigenvalue weighted by Crippen LogP contribution is 2.29. The lowest BCUT2D eigenvalue weighted by Crippen LogP contribution is -2.36. The van der Waals surface area contributed by atoms with Crippen molar-refractivity contribution < 1.29 is 9.53 Å². The molecule has 11 heteroatoms. The Balaban J connectivity index is 1.50. The number of nitrogens with zero attached hydrogens (tertiary/aromatic N) is 5.